The maximum absolute atomic E-state index is 12.4. The van der Waals surface area contributed by atoms with Crippen molar-refractivity contribution in [2.75, 3.05) is 25.6 Å². The highest BCUT2D eigenvalue weighted by atomic mass is 16.5. The first-order chi connectivity index (χ1) is 13.5. The van der Waals surface area contributed by atoms with Gasteiger partial charge in [0.05, 0.1) is 26.2 Å². The van der Waals surface area contributed by atoms with Gasteiger partial charge in [0.25, 0.3) is 11.5 Å². The number of hydrogen-bond acceptors (Lipinski definition) is 6. The van der Waals surface area contributed by atoms with E-state index in [1.807, 2.05) is 0 Å². The van der Waals surface area contributed by atoms with Crippen molar-refractivity contribution in [2.24, 2.45) is 0 Å². The molecular formula is C18H19N5O5. The summed E-state index contributed by atoms with van der Waals surface area (Å²) in [6.07, 6.45) is 0. The van der Waals surface area contributed by atoms with Crippen LogP contribution in [0.5, 0.6) is 0 Å². The lowest BCUT2D eigenvalue weighted by atomic mass is 10.2. The molecule has 10 nitrogen and oxygen atoms in total. The van der Waals surface area contributed by atoms with Gasteiger partial charge in [-0.15, -0.1) is 0 Å². The van der Waals surface area contributed by atoms with Crippen LogP contribution in [-0.2, 0) is 22.6 Å². The van der Waals surface area contributed by atoms with Crippen molar-refractivity contribution in [1.82, 2.24) is 20.0 Å². The van der Waals surface area contributed by atoms with Crippen LogP contribution < -0.4 is 16.2 Å². The summed E-state index contributed by atoms with van der Waals surface area (Å²) in [6.45, 7) is 0.711. The Morgan fingerprint density at radius 2 is 1.93 bits per heavy atom. The summed E-state index contributed by atoms with van der Waals surface area (Å²) >= 11 is 0. The molecule has 0 aliphatic carbocycles. The first-order valence-electron chi connectivity index (χ1n) is 8.53. The summed E-state index contributed by atoms with van der Waals surface area (Å²) in [4.78, 5) is 48.4. The van der Waals surface area contributed by atoms with E-state index in [1.165, 1.54) is 23.9 Å². The van der Waals surface area contributed by atoms with E-state index in [9.17, 15) is 19.2 Å². The first-order valence-corrected chi connectivity index (χ1v) is 8.53. The number of ether oxygens (including phenoxy) is 1. The number of amides is 4. The van der Waals surface area contributed by atoms with Crippen molar-refractivity contribution < 1.29 is 19.1 Å². The van der Waals surface area contributed by atoms with Gasteiger partial charge in [-0.25, -0.2) is 9.48 Å². The van der Waals surface area contributed by atoms with E-state index in [1.54, 1.807) is 24.3 Å². The molecule has 2 aromatic rings. The number of hydrogen-bond donors (Lipinski definition) is 2. The monoisotopic (exact) mass is 385 g/mol. The number of carbonyl (C=O) groups excluding carboxylic acids is 3. The highest BCUT2D eigenvalue weighted by molar-refractivity contribution is 6.03. The van der Waals surface area contributed by atoms with Gasteiger partial charge >= 0.3 is 6.03 Å². The minimum atomic E-state index is -0.465. The predicted molar refractivity (Wildman–Crippen MR) is 98.7 cm³/mol. The maximum atomic E-state index is 12.4. The molecule has 1 saturated heterocycles. The molecule has 0 saturated carbocycles. The Kier molecular flexibility index (Phi) is 5.80. The normalized spacial score (nSPS) is 13.5. The minimum Gasteiger partial charge on any atom is -0.383 e. The van der Waals surface area contributed by atoms with Crippen molar-refractivity contribution in [3.8, 4) is 0 Å². The zero-order valence-electron chi connectivity index (χ0n) is 15.2. The minimum absolute atomic E-state index is 0.00645. The lowest BCUT2D eigenvalue weighted by Gasteiger charge is -2.13. The number of nitrogens with zero attached hydrogens (tertiary/aromatic N) is 3. The Balaban J connectivity index is 1.65. The van der Waals surface area contributed by atoms with Crippen LogP contribution in [0, 0.1) is 0 Å². The number of aromatic nitrogens is 2. The van der Waals surface area contributed by atoms with Crippen molar-refractivity contribution in [3.63, 3.8) is 0 Å². The van der Waals surface area contributed by atoms with E-state index >= 15 is 0 Å². The van der Waals surface area contributed by atoms with Crippen LogP contribution in [0.1, 0.15) is 16.1 Å². The third-order valence-corrected chi connectivity index (χ3v) is 4.10. The van der Waals surface area contributed by atoms with Gasteiger partial charge in [0.1, 0.15) is 5.69 Å². The predicted octanol–water partition coefficient (Wildman–Crippen LogP) is 0.194. The molecule has 4 amide bonds. The molecule has 1 aliphatic rings. The summed E-state index contributed by atoms with van der Waals surface area (Å²) in [5, 5.41) is 9.18. The fraction of sp³-hybridized carbons (Fsp3) is 0.278. The summed E-state index contributed by atoms with van der Waals surface area (Å²) in [7, 11) is 1.51. The molecule has 28 heavy (non-hydrogen) atoms. The van der Waals surface area contributed by atoms with Gasteiger partial charge in [-0.1, -0.05) is 12.1 Å². The van der Waals surface area contributed by atoms with Gasteiger partial charge in [-0.3, -0.25) is 19.3 Å². The smallest absolute Gasteiger partial charge is 0.324 e. The molecule has 0 unspecified atom stereocenters. The quantitative estimate of drug-likeness (QED) is 0.656. The molecule has 146 valence electrons. The van der Waals surface area contributed by atoms with E-state index in [4.69, 9.17) is 4.74 Å². The van der Waals surface area contributed by atoms with Gasteiger partial charge in [0.2, 0.25) is 5.91 Å². The van der Waals surface area contributed by atoms with Gasteiger partial charge in [-0.05, 0) is 23.8 Å². The number of methoxy groups -OCH3 is 1. The molecule has 1 aromatic carbocycles. The third kappa shape index (κ3) is 4.41. The first kappa shape index (κ1) is 19.2. The van der Waals surface area contributed by atoms with Crippen molar-refractivity contribution in [3.05, 3.63) is 58.0 Å². The molecule has 1 fully saturated rings. The zero-order valence-corrected chi connectivity index (χ0v) is 15.2. The fourth-order valence-corrected chi connectivity index (χ4v) is 2.59. The number of imide groups is 1. The largest absolute Gasteiger partial charge is 0.383 e. The molecule has 2 N–H and O–H groups in total. The average molecular weight is 385 g/mol. The molecule has 0 spiro atoms. The number of anilines is 1. The molecular weight excluding hydrogens is 366 g/mol. The second-order valence-corrected chi connectivity index (χ2v) is 6.06. The SMILES string of the molecule is COCCn1nc(C(=O)Nc2ccc(CN3C(=O)CNC3=O)cc2)ccc1=O. The van der Waals surface area contributed by atoms with Crippen molar-refractivity contribution >= 4 is 23.5 Å². The Bertz CT molecular complexity index is 938. The molecule has 1 aliphatic heterocycles. The Labute approximate surface area is 160 Å². The van der Waals surface area contributed by atoms with Crippen LogP contribution >= 0.6 is 0 Å². The second kappa shape index (κ2) is 8.44. The Morgan fingerprint density at radius 1 is 1.18 bits per heavy atom. The molecule has 0 atom stereocenters. The molecule has 10 heteroatoms. The van der Waals surface area contributed by atoms with Gasteiger partial charge in [0, 0.05) is 18.9 Å². The summed E-state index contributed by atoms with van der Waals surface area (Å²) < 4.78 is 6.09. The van der Waals surface area contributed by atoms with Crippen LogP contribution in [0.3, 0.4) is 0 Å². The highest BCUT2D eigenvalue weighted by Crippen LogP contribution is 2.14. The number of rotatable bonds is 7. The van der Waals surface area contributed by atoms with Crippen molar-refractivity contribution in [1.29, 1.82) is 0 Å². The Morgan fingerprint density at radius 3 is 2.57 bits per heavy atom. The van der Waals surface area contributed by atoms with Crippen LogP contribution in [-0.4, -0.2) is 52.8 Å². The van der Waals surface area contributed by atoms with Gasteiger partial charge in [-0.2, -0.15) is 5.10 Å². The zero-order chi connectivity index (χ0) is 20.1. The number of carbonyl (C=O) groups is 3. The standard InChI is InChI=1S/C18H19N5O5/c1-28-9-8-23-15(24)7-6-14(21-23)17(26)20-13-4-2-12(3-5-13)11-22-16(25)10-19-18(22)27/h2-7H,8-11H2,1H3,(H,19,27)(H,20,26). The fourth-order valence-electron chi connectivity index (χ4n) is 2.59. The Hall–Kier alpha value is -3.53. The summed E-state index contributed by atoms with van der Waals surface area (Å²) in [6, 6.07) is 8.95. The van der Waals surface area contributed by atoms with Crippen LogP contribution in [0.25, 0.3) is 0 Å². The number of benzene rings is 1. The second-order valence-electron chi connectivity index (χ2n) is 6.06. The van der Waals surface area contributed by atoms with E-state index in [0.29, 0.717) is 12.3 Å². The maximum Gasteiger partial charge on any atom is 0.324 e. The van der Waals surface area contributed by atoms with E-state index in [-0.39, 0.29) is 36.8 Å². The summed E-state index contributed by atoms with van der Waals surface area (Å²) in [5.74, 6) is -0.745. The molecule has 0 radical (unpaired) electrons. The van der Waals surface area contributed by atoms with Gasteiger partial charge in [0.15, 0.2) is 0 Å². The summed E-state index contributed by atoms with van der Waals surface area (Å²) in [5.41, 5.74) is 1.04. The molecule has 1 aromatic heterocycles. The number of nitrogens with one attached hydrogen (secondary N) is 2. The van der Waals surface area contributed by atoms with E-state index in [2.05, 4.69) is 15.7 Å². The highest BCUT2D eigenvalue weighted by Gasteiger charge is 2.28. The third-order valence-electron chi connectivity index (χ3n) is 4.10. The molecule has 0 bridgehead atoms. The van der Waals surface area contributed by atoms with Gasteiger partial charge < -0.3 is 15.4 Å². The van der Waals surface area contributed by atoms with Crippen LogP contribution in [0.4, 0.5) is 10.5 Å². The lowest BCUT2D eigenvalue weighted by Crippen LogP contribution is -2.30. The lowest BCUT2D eigenvalue weighted by molar-refractivity contribution is -0.125. The average Bonchev–Trinajstić information content (AvgIpc) is 3.00. The van der Waals surface area contributed by atoms with E-state index < -0.39 is 11.9 Å². The van der Waals surface area contributed by atoms with Crippen molar-refractivity contribution in [2.45, 2.75) is 13.1 Å². The topological polar surface area (TPSA) is 123 Å². The number of urea groups is 1. The van der Waals surface area contributed by atoms with Crippen LogP contribution in [0.2, 0.25) is 0 Å². The van der Waals surface area contributed by atoms with E-state index in [0.717, 1.165) is 10.5 Å². The molecule has 2 heterocycles. The molecule has 3 rings (SSSR count). The van der Waals surface area contributed by atoms with Crippen LogP contribution in [0.15, 0.2) is 41.2 Å².